The number of anilines is 1. The number of benzene rings is 1. The molecule has 2 aromatic rings. The molecular weight excluding hydrogens is 316 g/mol. The molecule has 1 aromatic carbocycles. The normalized spacial score (nSPS) is 13.9. The summed E-state index contributed by atoms with van der Waals surface area (Å²) >= 11 is 0. The Hall–Kier alpha value is -2.81. The predicted molar refractivity (Wildman–Crippen MR) is 96.0 cm³/mol. The zero-order valence-corrected chi connectivity index (χ0v) is 15.1. The van der Waals surface area contributed by atoms with Crippen molar-refractivity contribution in [2.24, 2.45) is 0 Å². The number of amides is 1. The van der Waals surface area contributed by atoms with E-state index in [-0.39, 0.29) is 18.0 Å². The van der Waals surface area contributed by atoms with E-state index in [0.717, 1.165) is 35.5 Å². The summed E-state index contributed by atoms with van der Waals surface area (Å²) in [6.07, 6.45) is 1.75. The molecule has 1 heterocycles. The maximum absolute atomic E-state index is 12.2. The third-order valence-electron chi connectivity index (χ3n) is 4.04. The van der Waals surface area contributed by atoms with Crippen molar-refractivity contribution in [1.29, 1.82) is 5.26 Å². The summed E-state index contributed by atoms with van der Waals surface area (Å²) in [6.45, 7) is 7.91. The van der Waals surface area contributed by atoms with E-state index < -0.39 is 0 Å². The second-order valence-electron chi connectivity index (χ2n) is 5.95. The number of aromatic nitrogens is 1. The smallest absolute Gasteiger partial charge is 0.240 e. The van der Waals surface area contributed by atoms with Gasteiger partial charge in [0.15, 0.2) is 0 Å². The lowest BCUT2D eigenvalue weighted by Crippen LogP contribution is -2.38. The van der Waals surface area contributed by atoms with Crippen molar-refractivity contribution < 1.29 is 9.32 Å². The molecule has 1 fully saturated rings. The lowest BCUT2D eigenvalue weighted by atomic mass is 10.1. The predicted octanol–water partition coefficient (Wildman–Crippen LogP) is 3.41. The van der Waals surface area contributed by atoms with Crippen LogP contribution in [0.1, 0.15) is 49.3 Å². The van der Waals surface area contributed by atoms with E-state index in [4.69, 9.17) is 9.78 Å². The molecule has 1 amide bonds. The van der Waals surface area contributed by atoms with Gasteiger partial charge in [-0.15, -0.1) is 0 Å². The highest BCUT2D eigenvalue weighted by atomic mass is 16.5. The van der Waals surface area contributed by atoms with Crippen LogP contribution >= 0.6 is 0 Å². The van der Waals surface area contributed by atoms with Crippen LogP contribution in [0.25, 0.3) is 0 Å². The molecule has 0 saturated heterocycles. The summed E-state index contributed by atoms with van der Waals surface area (Å²) < 4.78 is 5.10. The van der Waals surface area contributed by atoms with E-state index >= 15 is 0 Å². The molecule has 1 aliphatic carbocycles. The van der Waals surface area contributed by atoms with Crippen molar-refractivity contribution in [3.05, 3.63) is 46.8 Å². The maximum atomic E-state index is 12.2. The third-order valence-corrected chi connectivity index (χ3v) is 4.04. The van der Waals surface area contributed by atoms with Gasteiger partial charge in [0.2, 0.25) is 5.91 Å². The van der Waals surface area contributed by atoms with E-state index in [9.17, 15) is 4.79 Å². The van der Waals surface area contributed by atoms with Gasteiger partial charge in [0.05, 0.1) is 23.7 Å². The number of carbonyl (C=O) groups excluding carboxylic acids is 1. The second kappa shape index (κ2) is 7.84. The number of rotatable bonds is 5. The van der Waals surface area contributed by atoms with Gasteiger partial charge in [-0.2, -0.15) is 5.26 Å². The molecule has 25 heavy (non-hydrogen) atoms. The highest BCUT2D eigenvalue weighted by Gasteiger charge is 2.48. The maximum Gasteiger partial charge on any atom is 0.240 e. The standard InChI is InChI=1S/C17H18N4O2.C2H6/c1-11-7-13(9-18)3-4-14(11)19-10-16(22)20-17(5-6-17)15-8-12(2)23-21-15;1-2/h3-4,7-8,19H,5-6,10H2,1-2H3,(H,20,22);1-2H3. The number of nitriles is 1. The molecule has 0 aliphatic heterocycles. The van der Waals surface area contributed by atoms with Crippen LogP contribution < -0.4 is 10.6 Å². The molecule has 6 nitrogen and oxygen atoms in total. The molecule has 132 valence electrons. The number of carbonyl (C=O) groups is 1. The monoisotopic (exact) mass is 340 g/mol. The van der Waals surface area contributed by atoms with Gasteiger partial charge in [0.1, 0.15) is 11.5 Å². The molecule has 1 aliphatic rings. The van der Waals surface area contributed by atoms with Gasteiger partial charge in [0.25, 0.3) is 0 Å². The molecular formula is C19H24N4O2. The van der Waals surface area contributed by atoms with Crippen molar-refractivity contribution in [2.75, 3.05) is 11.9 Å². The number of hydrogen-bond donors (Lipinski definition) is 2. The first-order chi connectivity index (χ1) is 12.0. The summed E-state index contributed by atoms with van der Waals surface area (Å²) in [4.78, 5) is 12.2. The quantitative estimate of drug-likeness (QED) is 0.870. The van der Waals surface area contributed by atoms with Crippen molar-refractivity contribution in [1.82, 2.24) is 10.5 Å². The van der Waals surface area contributed by atoms with Gasteiger partial charge in [-0.3, -0.25) is 4.79 Å². The van der Waals surface area contributed by atoms with Gasteiger partial charge < -0.3 is 15.2 Å². The Morgan fingerprint density at radius 2 is 2.04 bits per heavy atom. The average Bonchev–Trinajstić information content (AvgIpc) is 3.26. The van der Waals surface area contributed by atoms with Crippen LogP contribution in [-0.4, -0.2) is 17.6 Å². The van der Waals surface area contributed by atoms with Crippen LogP contribution in [0.5, 0.6) is 0 Å². The Kier molecular flexibility index (Phi) is 5.81. The summed E-state index contributed by atoms with van der Waals surface area (Å²) in [7, 11) is 0. The minimum atomic E-state index is -0.365. The number of hydrogen-bond acceptors (Lipinski definition) is 5. The fourth-order valence-electron chi connectivity index (χ4n) is 2.58. The minimum Gasteiger partial charge on any atom is -0.376 e. The van der Waals surface area contributed by atoms with E-state index in [1.807, 2.05) is 39.8 Å². The Labute approximate surface area is 148 Å². The summed E-state index contributed by atoms with van der Waals surface area (Å²) in [6, 6.07) is 9.30. The average molecular weight is 340 g/mol. The topological polar surface area (TPSA) is 91.0 Å². The highest BCUT2D eigenvalue weighted by molar-refractivity contribution is 5.82. The van der Waals surface area contributed by atoms with E-state index in [2.05, 4.69) is 21.9 Å². The largest absolute Gasteiger partial charge is 0.376 e. The SMILES string of the molecule is CC.Cc1cc(C2(NC(=O)CNc3ccc(C#N)cc3C)CC2)no1. The summed E-state index contributed by atoms with van der Waals surface area (Å²) in [5, 5.41) is 19.0. The lowest BCUT2D eigenvalue weighted by Gasteiger charge is -2.15. The van der Waals surface area contributed by atoms with E-state index in [0.29, 0.717) is 5.56 Å². The van der Waals surface area contributed by atoms with Crippen LogP contribution in [0.3, 0.4) is 0 Å². The Morgan fingerprint density at radius 3 is 2.56 bits per heavy atom. The summed E-state index contributed by atoms with van der Waals surface area (Å²) in [5.74, 6) is 0.652. The minimum absolute atomic E-state index is 0.0908. The Morgan fingerprint density at radius 1 is 1.32 bits per heavy atom. The number of nitrogens with zero attached hydrogens (tertiary/aromatic N) is 2. The van der Waals surface area contributed by atoms with Crippen LogP contribution in [0.4, 0.5) is 5.69 Å². The molecule has 1 saturated carbocycles. The zero-order valence-electron chi connectivity index (χ0n) is 15.1. The highest BCUT2D eigenvalue weighted by Crippen LogP contribution is 2.44. The fraction of sp³-hybridized carbons (Fsp3) is 0.421. The fourth-order valence-corrected chi connectivity index (χ4v) is 2.58. The van der Waals surface area contributed by atoms with Crippen LogP contribution in [0.2, 0.25) is 0 Å². The van der Waals surface area contributed by atoms with E-state index in [1.165, 1.54) is 0 Å². The van der Waals surface area contributed by atoms with Crippen molar-refractivity contribution in [3.8, 4) is 6.07 Å². The van der Waals surface area contributed by atoms with Gasteiger partial charge in [-0.05, 0) is 50.5 Å². The molecule has 2 N–H and O–H groups in total. The zero-order chi connectivity index (χ0) is 18.4. The summed E-state index contributed by atoms with van der Waals surface area (Å²) in [5.41, 5.74) is 2.82. The van der Waals surface area contributed by atoms with Gasteiger partial charge >= 0.3 is 0 Å². The molecule has 0 radical (unpaired) electrons. The molecule has 3 rings (SSSR count). The molecule has 0 spiro atoms. The Balaban J connectivity index is 0.00000109. The molecule has 0 unspecified atom stereocenters. The molecule has 1 aromatic heterocycles. The van der Waals surface area contributed by atoms with Crippen molar-refractivity contribution in [2.45, 2.75) is 46.1 Å². The first-order valence-electron chi connectivity index (χ1n) is 8.52. The van der Waals surface area contributed by atoms with Crippen LogP contribution in [-0.2, 0) is 10.3 Å². The molecule has 6 heteroatoms. The van der Waals surface area contributed by atoms with Gasteiger partial charge in [-0.1, -0.05) is 19.0 Å². The van der Waals surface area contributed by atoms with Gasteiger partial charge in [-0.25, -0.2) is 0 Å². The van der Waals surface area contributed by atoms with E-state index in [1.54, 1.807) is 12.1 Å². The third kappa shape index (κ3) is 4.38. The number of aryl methyl sites for hydroxylation is 2. The van der Waals surface area contributed by atoms with Crippen molar-refractivity contribution >= 4 is 11.6 Å². The lowest BCUT2D eigenvalue weighted by molar-refractivity contribution is -0.120. The van der Waals surface area contributed by atoms with Gasteiger partial charge in [0, 0.05) is 11.8 Å². The molecule has 0 atom stereocenters. The van der Waals surface area contributed by atoms with Crippen LogP contribution in [0.15, 0.2) is 28.8 Å². The first kappa shape index (κ1) is 18.5. The second-order valence-corrected chi connectivity index (χ2v) is 5.95. The Bertz CT molecular complexity index is 785. The first-order valence-corrected chi connectivity index (χ1v) is 8.52. The molecule has 0 bridgehead atoms. The van der Waals surface area contributed by atoms with Crippen molar-refractivity contribution in [3.63, 3.8) is 0 Å². The van der Waals surface area contributed by atoms with Crippen LogP contribution in [0, 0.1) is 25.2 Å². The number of nitrogens with one attached hydrogen (secondary N) is 2.